The van der Waals surface area contributed by atoms with E-state index in [1.165, 1.54) is 4.90 Å². The van der Waals surface area contributed by atoms with Crippen LogP contribution in [0.2, 0.25) is 0 Å². The van der Waals surface area contributed by atoms with Crippen LogP contribution >= 0.6 is 0 Å². The average Bonchev–Trinajstić information content (AvgIpc) is 2.26. The molecule has 0 saturated carbocycles. The second kappa shape index (κ2) is 5.46. The maximum absolute atomic E-state index is 11.8. The third-order valence-electron chi connectivity index (χ3n) is 2.28. The van der Waals surface area contributed by atoms with E-state index in [9.17, 15) is 9.59 Å². The van der Waals surface area contributed by atoms with Crippen LogP contribution in [0.3, 0.4) is 0 Å². The van der Waals surface area contributed by atoms with Gasteiger partial charge >= 0.3 is 6.09 Å². The van der Waals surface area contributed by atoms with Crippen LogP contribution in [0.15, 0.2) is 0 Å². The third-order valence-corrected chi connectivity index (χ3v) is 2.28. The molecule has 2 N–H and O–H groups in total. The van der Waals surface area contributed by atoms with Gasteiger partial charge in [0.2, 0.25) is 0 Å². The second-order valence-electron chi connectivity index (χ2n) is 4.96. The lowest BCUT2D eigenvalue weighted by atomic mass is 10.2. The first kappa shape index (κ1) is 13.9. The van der Waals surface area contributed by atoms with Crippen molar-refractivity contribution in [2.75, 3.05) is 26.2 Å². The maximum Gasteiger partial charge on any atom is 0.410 e. The Labute approximate surface area is 101 Å². The number of Topliss-reactive ketones (excluding diaryl/α,β-unsaturated/α-hetero) is 1. The molecule has 1 aliphatic rings. The van der Waals surface area contributed by atoms with E-state index in [2.05, 4.69) is 0 Å². The molecule has 0 radical (unpaired) electrons. The Morgan fingerprint density at radius 1 is 1.47 bits per heavy atom. The zero-order valence-electron chi connectivity index (χ0n) is 10.6. The largest absolute Gasteiger partial charge is 0.444 e. The van der Waals surface area contributed by atoms with Crippen LogP contribution in [0.25, 0.3) is 0 Å². The molecule has 1 saturated heterocycles. The number of hydrogen-bond acceptors (Lipinski definition) is 5. The van der Waals surface area contributed by atoms with Gasteiger partial charge in [0.15, 0.2) is 5.78 Å². The molecule has 1 atom stereocenters. The Morgan fingerprint density at radius 2 is 2.12 bits per heavy atom. The number of nitrogens with zero attached hydrogens (tertiary/aromatic N) is 1. The highest BCUT2D eigenvalue weighted by Crippen LogP contribution is 2.13. The maximum atomic E-state index is 11.8. The number of amides is 1. The van der Waals surface area contributed by atoms with Crippen molar-refractivity contribution in [3.8, 4) is 0 Å². The molecular formula is C11H20N2O4. The van der Waals surface area contributed by atoms with E-state index >= 15 is 0 Å². The minimum absolute atomic E-state index is 0.0766. The SMILES string of the molecule is CC(C)(C)OC(=O)N1CCOC(C(=O)CN)C1. The normalized spacial score (nSPS) is 21.2. The van der Waals surface area contributed by atoms with Gasteiger partial charge in [-0.25, -0.2) is 4.79 Å². The molecule has 0 aromatic heterocycles. The van der Waals surface area contributed by atoms with E-state index in [-0.39, 0.29) is 18.9 Å². The van der Waals surface area contributed by atoms with Gasteiger partial charge in [-0.2, -0.15) is 0 Å². The van der Waals surface area contributed by atoms with Crippen molar-refractivity contribution in [2.24, 2.45) is 5.73 Å². The Bertz CT molecular complexity index is 298. The van der Waals surface area contributed by atoms with Gasteiger partial charge in [-0.3, -0.25) is 4.79 Å². The quantitative estimate of drug-likeness (QED) is 0.747. The molecule has 0 aliphatic carbocycles. The number of morpholine rings is 1. The summed E-state index contributed by atoms with van der Waals surface area (Å²) in [6.45, 7) is 6.30. The fraction of sp³-hybridized carbons (Fsp3) is 0.818. The molecule has 98 valence electrons. The number of nitrogens with two attached hydrogens (primary N) is 1. The molecule has 0 spiro atoms. The summed E-state index contributed by atoms with van der Waals surface area (Å²) in [4.78, 5) is 24.6. The minimum atomic E-state index is -0.624. The van der Waals surface area contributed by atoms with E-state index in [1.54, 1.807) is 20.8 Å². The summed E-state index contributed by atoms with van der Waals surface area (Å²) >= 11 is 0. The van der Waals surface area contributed by atoms with Crippen molar-refractivity contribution in [3.63, 3.8) is 0 Å². The van der Waals surface area contributed by atoms with Crippen LogP contribution in [-0.4, -0.2) is 54.7 Å². The standard InChI is InChI=1S/C11H20N2O4/c1-11(2,3)17-10(15)13-4-5-16-9(7-13)8(14)6-12/h9H,4-7,12H2,1-3H3. The zero-order chi connectivity index (χ0) is 13.1. The van der Waals surface area contributed by atoms with Gasteiger partial charge in [-0.15, -0.1) is 0 Å². The van der Waals surface area contributed by atoms with Crippen molar-refractivity contribution in [3.05, 3.63) is 0 Å². The van der Waals surface area contributed by atoms with Crippen molar-refractivity contribution >= 4 is 11.9 Å². The van der Waals surface area contributed by atoms with Crippen LogP contribution in [0.5, 0.6) is 0 Å². The van der Waals surface area contributed by atoms with Crippen LogP contribution in [0.1, 0.15) is 20.8 Å². The lowest BCUT2D eigenvalue weighted by molar-refractivity contribution is -0.134. The highest BCUT2D eigenvalue weighted by Gasteiger charge is 2.30. The van der Waals surface area contributed by atoms with Crippen LogP contribution in [0.4, 0.5) is 4.79 Å². The number of carbonyl (C=O) groups excluding carboxylic acids is 2. The highest BCUT2D eigenvalue weighted by atomic mass is 16.6. The van der Waals surface area contributed by atoms with E-state index in [4.69, 9.17) is 15.2 Å². The summed E-state index contributed by atoms with van der Waals surface area (Å²) in [5, 5.41) is 0. The van der Waals surface area contributed by atoms with Gasteiger partial charge in [0.25, 0.3) is 0 Å². The van der Waals surface area contributed by atoms with Gasteiger partial charge in [-0.1, -0.05) is 0 Å². The van der Waals surface area contributed by atoms with Gasteiger partial charge in [0, 0.05) is 6.54 Å². The second-order valence-corrected chi connectivity index (χ2v) is 4.96. The first-order valence-electron chi connectivity index (χ1n) is 5.66. The summed E-state index contributed by atoms with van der Waals surface area (Å²) in [7, 11) is 0. The molecule has 0 bridgehead atoms. The Kier molecular flexibility index (Phi) is 4.47. The fourth-order valence-electron chi connectivity index (χ4n) is 1.47. The van der Waals surface area contributed by atoms with Crippen LogP contribution < -0.4 is 5.73 Å². The van der Waals surface area contributed by atoms with E-state index in [1.807, 2.05) is 0 Å². The predicted octanol–water partition coefficient (Wildman–Crippen LogP) is 0.150. The molecule has 1 unspecified atom stereocenters. The summed E-state index contributed by atoms with van der Waals surface area (Å²) in [6.07, 6.45) is -1.04. The summed E-state index contributed by atoms with van der Waals surface area (Å²) in [6, 6.07) is 0. The molecule has 1 amide bonds. The predicted molar refractivity (Wildman–Crippen MR) is 61.6 cm³/mol. The molecule has 0 aromatic rings. The molecule has 6 nitrogen and oxygen atoms in total. The topological polar surface area (TPSA) is 81.9 Å². The van der Waals surface area contributed by atoms with Gasteiger partial charge in [0.05, 0.1) is 19.7 Å². The fourth-order valence-corrected chi connectivity index (χ4v) is 1.47. The Balaban J connectivity index is 2.55. The number of rotatable bonds is 2. The molecule has 1 aliphatic heterocycles. The van der Waals surface area contributed by atoms with Crippen LogP contribution in [-0.2, 0) is 14.3 Å². The zero-order valence-corrected chi connectivity index (χ0v) is 10.6. The van der Waals surface area contributed by atoms with E-state index in [0.29, 0.717) is 13.2 Å². The number of hydrogen-bond donors (Lipinski definition) is 1. The summed E-state index contributed by atoms with van der Waals surface area (Å²) in [5.74, 6) is -0.196. The lowest BCUT2D eigenvalue weighted by Gasteiger charge is -2.33. The smallest absolute Gasteiger partial charge is 0.410 e. The molecular weight excluding hydrogens is 224 g/mol. The number of ether oxygens (including phenoxy) is 2. The summed E-state index contributed by atoms with van der Waals surface area (Å²) < 4.78 is 10.5. The number of carbonyl (C=O) groups is 2. The molecule has 6 heteroatoms. The average molecular weight is 244 g/mol. The minimum Gasteiger partial charge on any atom is -0.444 e. The first-order valence-corrected chi connectivity index (χ1v) is 5.66. The molecule has 0 aromatic carbocycles. The molecule has 1 heterocycles. The molecule has 1 rings (SSSR count). The summed E-state index contributed by atoms with van der Waals surface area (Å²) in [5.41, 5.74) is 4.72. The van der Waals surface area contributed by atoms with E-state index < -0.39 is 17.8 Å². The van der Waals surface area contributed by atoms with E-state index in [0.717, 1.165) is 0 Å². The Hall–Kier alpha value is -1.14. The molecule has 1 fully saturated rings. The third kappa shape index (κ3) is 4.32. The van der Waals surface area contributed by atoms with Crippen molar-refractivity contribution < 1.29 is 19.1 Å². The number of ketones is 1. The van der Waals surface area contributed by atoms with Crippen molar-refractivity contribution in [1.82, 2.24) is 4.90 Å². The monoisotopic (exact) mass is 244 g/mol. The molecule has 17 heavy (non-hydrogen) atoms. The first-order chi connectivity index (χ1) is 7.83. The van der Waals surface area contributed by atoms with Crippen molar-refractivity contribution in [2.45, 2.75) is 32.5 Å². The van der Waals surface area contributed by atoms with Crippen molar-refractivity contribution in [1.29, 1.82) is 0 Å². The Morgan fingerprint density at radius 3 is 2.65 bits per heavy atom. The van der Waals surface area contributed by atoms with Crippen LogP contribution in [0, 0.1) is 0 Å². The van der Waals surface area contributed by atoms with Gasteiger partial charge < -0.3 is 20.1 Å². The van der Waals surface area contributed by atoms with Gasteiger partial charge in [-0.05, 0) is 20.8 Å². The lowest BCUT2D eigenvalue weighted by Crippen LogP contribution is -2.51. The highest BCUT2D eigenvalue weighted by molar-refractivity contribution is 5.85. The van der Waals surface area contributed by atoms with Gasteiger partial charge in [0.1, 0.15) is 11.7 Å².